The summed E-state index contributed by atoms with van der Waals surface area (Å²) in [6.45, 7) is 10.9. The van der Waals surface area contributed by atoms with Gasteiger partial charge in [-0.1, -0.05) is 41.5 Å². The van der Waals surface area contributed by atoms with Crippen LogP contribution in [0, 0.1) is 16.2 Å². The van der Waals surface area contributed by atoms with Crippen molar-refractivity contribution in [2.75, 3.05) is 0 Å². The standard InChI is InChI=1S/C13H20O3/c1-11(2,3)8-9(15)13(7-14,10(8)16)12(4,5)6/h7,15H,1-6H3. The fourth-order valence-corrected chi connectivity index (χ4v) is 2.22. The molecule has 0 aliphatic heterocycles. The molecule has 0 saturated heterocycles. The Morgan fingerprint density at radius 1 is 1.12 bits per heavy atom. The van der Waals surface area contributed by atoms with Crippen LogP contribution in [0.5, 0.6) is 0 Å². The van der Waals surface area contributed by atoms with Crippen molar-refractivity contribution in [2.45, 2.75) is 41.5 Å². The molecule has 0 amide bonds. The van der Waals surface area contributed by atoms with Gasteiger partial charge in [0.2, 0.25) is 0 Å². The van der Waals surface area contributed by atoms with Crippen LogP contribution in [0.25, 0.3) is 0 Å². The lowest BCUT2D eigenvalue weighted by molar-refractivity contribution is -0.144. The van der Waals surface area contributed by atoms with E-state index in [0.717, 1.165) is 0 Å². The Morgan fingerprint density at radius 2 is 1.56 bits per heavy atom. The van der Waals surface area contributed by atoms with E-state index in [4.69, 9.17) is 0 Å². The van der Waals surface area contributed by atoms with Crippen molar-refractivity contribution in [3.05, 3.63) is 11.3 Å². The highest BCUT2D eigenvalue weighted by atomic mass is 16.3. The molecule has 1 rings (SSSR count). The van der Waals surface area contributed by atoms with Crippen LogP contribution in [0.3, 0.4) is 0 Å². The van der Waals surface area contributed by atoms with Crippen LogP contribution in [0.15, 0.2) is 11.3 Å². The molecule has 1 aliphatic rings. The second kappa shape index (κ2) is 3.19. The van der Waals surface area contributed by atoms with Crippen molar-refractivity contribution < 1.29 is 14.7 Å². The first kappa shape index (κ1) is 12.9. The minimum absolute atomic E-state index is 0.0486. The monoisotopic (exact) mass is 224 g/mol. The molecule has 0 aromatic carbocycles. The molecule has 0 aromatic heterocycles. The predicted octanol–water partition coefficient (Wildman–Crippen LogP) is 2.66. The number of hydrogen-bond acceptors (Lipinski definition) is 3. The van der Waals surface area contributed by atoms with E-state index in [1.165, 1.54) is 0 Å². The summed E-state index contributed by atoms with van der Waals surface area (Å²) in [5.74, 6) is -0.285. The quantitative estimate of drug-likeness (QED) is 0.550. The Bertz CT molecular complexity index is 377. The number of Topliss-reactive ketones (excluding diaryl/α,β-unsaturated/α-hetero) is 1. The molecule has 0 bridgehead atoms. The van der Waals surface area contributed by atoms with Crippen LogP contribution in [0.4, 0.5) is 0 Å². The molecule has 0 saturated carbocycles. The van der Waals surface area contributed by atoms with E-state index in [1.807, 2.05) is 20.8 Å². The first-order valence-electron chi connectivity index (χ1n) is 5.45. The van der Waals surface area contributed by atoms with Crippen molar-refractivity contribution in [3.8, 4) is 0 Å². The minimum Gasteiger partial charge on any atom is -0.510 e. The number of hydrogen-bond donors (Lipinski definition) is 1. The number of aliphatic hydroxyl groups excluding tert-OH is 1. The Morgan fingerprint density at radius 3 is 1.75 bits per heavy atom. The van der Waals surface area contributed by atoms with E-state index in [-0.39, 0.29) is 11.5 Å². The highest BCUT2D eigenvalue weighted by molar-refractivity contribution is 6.19. The summed E-state index contributed by atoms with van der Waals surface area (Å²) in [4.78, 5) is 23.4. The van der Waals surface area contributed by atoms with E-state index >= 15 is 0 Å². The second-order valence-corrected chi connectivity index (χ2v) is 6.48. The molecule has 1 aliphatic carbocycles. The summed E-state index contributed by atoms with van der Waals surface area (Å²) in [7, 11) is 0. The number of aliphatic hydroxyl groups is 1. The van der Waals surface area contributed by atoms with Gasteiger partial charge in [0.05, 0.1) is 0 Å². The predicted molar refractivity (Wildman–Crippen MR) is 62.1 cm³/mol. The number of allylic oxidation sites excluding steroid dienone is 2. The van der Waals surface area contributed by atoms with Crippen molar-refractivity contribution >= 4 is 12.1 Å². The average Bonchev–Trinajstić information content (AvgIpc) is 1.99. The van der Waals surface area contributed by atoms with Crippen molar-refractivity contribution in [1.29, 1.82) is 0 Å². The zero-order chi connectivity index (χ0) is 12.9. The maximum Gasteiger partial charge on any atom is 0.184 e. The normalized spacial score (nSPS) is 26.8. The number of aldehydes is 1. The lowest BCUT2D eigenvalue weighted by Gasteiger charge is -2.48. The fourth-order valence-electron chi connectivity index (χ4n) is 2.22. The van der Waals surface area contributed by atoms with Crippen molar-refractivity contribution in [1.82, 2.24) is 0 Å². The summed E-state index contributed by atoms with van der Waals surface area (Å²) >= 11 is 0. The van der Waals surface area contributed by atoms with Gasteiger partial charge in [0, 0.05) is 5.57 Å². The molecule has 0 spiro atoms. The summed E-state index contributed by atoms with van der Waals surface area (Å²) in [5, 5.41) is 10.1. The van der Waals surface area contributed by atoms with E-state index in [9.17, 15) is 14.7 Å². The lowest BCUT2D eigenvalue weighted by Crippen LogP contribution is -2.56. The molecule has 0 aromatic rings. The molecule has 1 N–H and O–H groups in total. The molecule has 1 unspecified atom stereocenters. The van der Waals surface area contributed by atoms with Crippen LogP contribution in [0.2, 0.25) is 0 Å². The maximum atomic E-state index is 12.2. The SMILES string of the molecule is CC(C)(C)C1=C(O)C(C=O)(C(C)(C)C)C1=O. The van der Waals surface area contributed by atoms with Gasteiger partial charge in [-0.05, 0) is 10.8 Å². The van der Waals surface area contributed by atoms with E-state index < -0.39 is 16.2 Å². The summed E-state index contributed by atoms with van der Waals surface area (Å²) < 4.78 is 0. The van der Waals surface area contributed by atoms with E-state index in [0.29, 0.717) is 11.9 Å². The van der Waals surface area contributed by atoms with E-state index in [2.05, 4.69) is 0 Å². The van der Waals surface area contributed by atoms with E-state index in [1.54, 1.807) is 20.8 Å². The van der Waals surface area contributed by atoms with Crippen molar-refractivity contribution in [2.24, 2.45) is 16.2 Å². The van der Waals surface area contributed by atoms with Gasteiger partial charge in [-0.3, -0.25) is 4.79 Å². The molecule has 3 nitrogen and oxygen atoms in total. The highest BCUT2D eigenvalue weighted by Crippen LogP contribution is 2.55. The van der Waals surface area contributed by atoms with Crippen LogP contribution in [-0.4, -0.2) is 17.2 Å². The number of ketones is 1. The summed E-state index contributed by atoms with van der Waals surface area (Å²) in [5.41, 5.74) is -1.96. The molecule has 16 heavy (non-hydrogen) atoms. The molecule has 0 heterocycles. The molecule has 90 valence electrons. The highest BCUT2D eigenvalue weighted by Gasteiger charge is 2.63. The Hall–Kier alpha value is -1.12. The zero-order valence-corrected chi connectivity index (χ0v) is 10.8. The van der Waals surface area contributed by atoms with Crippen LogP contribution >= 0.6 is 0 Å². The Kier molecular flexibility index (Phi) is 2.58. The molecular formula is C13H20O3. The van der Waals surface area contributed by atoms with Crippen molar-refractivity contribution in [3.63, 3.8) is 0 Å². The van der Waals surface area contributed by atoms with Gasteiger partial charge >= 0.3 is 0 Å². The van der Waals surface area contributed by atoms with Gasteiger partial charge in [-0.2, -0.15) is 0 Å². The molecule has 0 radical (unpaired) electrons. The third-order valence-corrected chi connectivity index (χ3v) is 3.31. The van der Waals surface area contributed by atoms with Crippen LogP contribution < -0.4 is 0 Å². The third kappa shape index (κ3) is 1.34. The Labute approximate surface area is 96.5 Å². The van der Waals surface area contributed by atoms with Gasteiger partial charge in [0.15, 0.2) is 11.2 Å². The third-order valence-electron chi connectivity index (χ3n) is 3.31. The largest absolute Gasteiger partial charge is 0.510 e. The van der Waals surface area contributed by atoms with Crippen LogP contribution in [-0.2, 0) is 9.59 Å². The van der Waals surface area contributed by atoms with Gasteiger partial charge in [0.25, 0.3) is 0 Å². The smallest absolute Gasteiger partial charge is 0.184 e. The molecular weight excluding hydrogens is 204 g/mol. The number of carbonyl (C=O) groups excluding carboxylic acids is 2. The van der Waals surface area contributed by atoms with Crippen LogP contribution in [0.1, 0.15) is 41.5 Å². The van der Waals surface area contributed by atoms with Gasteiger partial charge in [-0.15, -0.1) is 0 Å². The first-order valence-corrected chi connectivity index (χ1v) is 5.45. The zero-order valence-electron chi connectivity index (χ0n) is 10.8. The second-order valence-electron chi connectivity index (χ2n) is 6.48. The fraction of sp³-hybridized carbons (Fsp3) is 0.692. The number of carbonyl (C=O) groups is 2. The van der Waals surface area contributed by atoms with Gasteiger partial charge in [-0.25, -0.2) is 0 Å². The molecule has 3 heteroatoms. The lowest BCUT2D eigenvalue weighted by atomic mass is 9.52. The first-order chi connectivity index (χ1) is 7.00. The topological polar surface area (TPSA) is 54.4 Å². The average molecular weight is 224 g/mol. The molecule has 1 atom stereocenters. The minimum atomic E-state index is -1.34. The maximum absolute atomic E-state index is 12.2. The van der Waals surface area contributed by atoms with Gasteiger partial charge in [0.1, 0.15) is 12.0 Å². The Balaban J connectivity index is 3.41. The number of rotatable bonds is 1. The molecule has 0 fully saturated rings. The van der Waals surface area contributed by atoms with Gasteiger partial charge < -0.3 is 9.90 Å². The summed E-state index contributed by atoms with van der Waals surface area (Å²) in [6, 6.07) is 0. The summed E-state index contributed by atoms with van der Waals surface area (Å²) in [6.07, 6.45) is 0.583.